The van der Waals surface area contributed by atoms with Crippen LogP contribution in [0.4, 0.5) is 23.2 Å². The van der Waals surface area contributed by atoms with Gasteiger partial charge in [0.2, 0.25) is 11.8 Å². The SMILES string of the molecule is O=C(CCNC(=O)C12CC3CC(CC(C3)C1)C2)Nc1ccc(F)c(C(F)(F)F)c1. The van der Waals surface area contributed by atoms with Crippen molar-refractivity contribution in [3.63, 3.8) is 0 Å². The van der Waals surface area contributed by atoms with Gasteiger partial charge in [-0.05, 0) is 74.5 Å². The number of carbonyl (C=O) groups excluding carboxylic acids is 2. The topological polar surface area (TPSA) is 58.2 Å². The molecule has 5 rings (SSSR count). The van der Waals surface area contributed by atoms with Crippen LogP contribution < -0.4 is 10.6 Å². The molecule has 1 aromatic carbocycles. The van der Waals surface area contributed by atoms with Crippen molar-refractivity contribution in [1.82, 2.24) is 5.32 Å². The molecule has 4 aliphatic carbocycles. The summed E-state index contributed by atoms with van der Waals surface area (Å²) >= 11 is 0. The van der Waals surface area contributed by atoms with Gasteiger partial charge in [0.1, 0.15) is 5.82 Å². The molecule has 0 radical (unpaired) electrons. The van der Waals surface area contributed by atoms with Crippen LogP contribution in [-0.4, -0.2) is 18.4 Å². The molecule has 2 amide bonds. The third kappa shape index (κ3) is 4.12. The fourth-order valence-electron chi connectivity index (χ4n) is 5.91. The van der Waals surface area contributed by atoms with E-state index in [4.69, 9.17) is 0 Å². The maximum atomic E-state index is 13.3. The number of nitrogens with one attached hydrogen (secondary N) is 2. The van der Waals surface area contributed by atoms with Crippen LogP contribution in [0.3, 0.4) is 0 Å². The van der Waals surface area contributed by atoms with Crippen molar-refractivity contribution < 1.29 is 27.2 Å². The third-order valence-corrected chi connectivity index (χ3v) is 6.71. The molecule has 2 N–H and O–H groups in total. The highest BCUT2D eigenvalue weighted by Gasteiger charge is 2.54. The molecule has 8 heteroatoms. The van der Waals surface area contributed by atoms with Gasteiger partial charge in [-0.3, -0.25) is 9.59 Å². The lowest BCUT2D eigenvalue weighted by molar-refractivity contribution is -0.146. The average Bonchev–Trinajstić information content (AvgIpc) is 2.61. The summed E-state index contributed by atoms with van der Waals surface area (Å²) in [6.07, 6.45) is 1.56. The van der Waals surface area contributed by atoms with Crippen LogP contribution in [0.15, 0.2) is 18.2 Å². The molecule has 0 aliphatic heterocycles. The van der Waals surface area contributed by atoms with Crippen LogP contribution in [0.5, 0.6) is 0 Å². The van der Waals surface area contributed by atoms with Crippen LogP contribution in [0, 0.1) is 29.0 Å². The van der Waals surface area contributed by atoms with Crippen molar-refractivity contribution in [2.45, 2.75) is 51.1 Å². The first-order valence-corrected chi connectivity index (χ1v) is 10.1. The quantitative estimate of drug-likeness (QED) is 0.700. The summed E-state index contributed by atoms with van der Waals surface area (Å²) in [7, 11) is 0. The lowest BCUT2D eigenvalue weighted by Gasteiger charge is -2.55. The summed E-state index contributed by atoms with van der Waals surface area (Å²) < 4.78 is 51.6. The second kappa shape index (κ2) is 7.29. The first kappa shape index (κ1) is 20.2. The van der Waals surface area contributed by atoms with Gasteiger partial charge in [-0.25, -0.2) is 4.39 Å². The Balaban J connectivity index is 1.29. The highest BCUT2D eigenvalue weighted by atomic mass is 19.4. The van der Waals surface area contributed by atoms with Gasteiger partial charge in [0.05, 0.1) is 5.56 Å². The Morgan fingerprint density at radius 1 is 1.03 bits per heavy atom. The van der Waals surface area contributed by atoms with Crippen molar-refractivity contribution >= 4 is 17.5 Å². The number of carbonyl (C=O) groups is 2. The molecule has 4 aliphatic rings. The maximum absolute atomic E-state index is 13.3. The zero-order chi connectivity index (χ0) is 20.8. The molecule has 1 aromatic rings. The highest BCUT2D eigenvalue weighted by Crippen LogP contribution is 2.60. The van der Waals surface area contributed by atoms with Crippen molar-refractivity contribution in [2.75, 3.05) is 11.9 Å². The molecule has 0 saturated heterocycles. The highest BCUT2D eigenvalue weighted by molar-refractivity contribution is 5.91. The monoisotopic (exact) mass is 412 g/mol. The van der Waals surface area contributed by atoms with Gasteiger partial charge in [-0.2, -0.15) is 13.2 Å². The minimum atomic E-state index is -4.84. The standard InChI is InChI=1S/C21H24F4N2O2/c22-17-2-1-15(8-16(17)21(23,24)25)27-18(28)3-4-26-19(29)20-9-12-5-13(10-20)7-14(6-12)11-20/h1-2,8,12-14H,3-7,9-11H2,(H,26,29)(H,27,28). The molecule has 0 atom stereocenters. The number of hydrogen-bond acceptors (Lipinski definition) is 2. The van der Waals surface area contributed by atoms with E-state index in [9.17, 15) is 27.2 Å². The number of rotatable bonds is 5. The van der Waals surface area contributed by atoms with Crippen LogP contribution in [0.25, 0.3) is 0 Å². The van der Waals surface area contributed by atoms with Crippen LogP contribution in [0.1, 0.15) is 50.5 Å². The number of anilines is 1. The lowest BCUT2D eigenvalue weighted by atomic mass is 9.49. The predicted octanol–water partition coefficient (Wildman–Crippen LogP) is 4.51. The van der Waals surface area contributed by atoms with E-state index in [1.807, 2.05) is 0 Å². The normalized spacial score (nSPS) is 30.3. The molecule has 4 fully saturated rings. The molecule has 0 aromatic heterocycles. The zero-order valence-corrected chi connectivity index (χ0v) is 15.9. The fraction of sp³-hybridized carbons (Fsp3) is 0.619. The van der Waals surface area contributed by atoms with Crippen LogP contribution >= 0.6 is 0 Å². The van der Waals surface area contributed by atoms with Crippen molar-refractivity contribution in [1.29, 1.82) is 0 Å². The number of alkyl halides is 3. The Morgan fingerprint density at radius 2 is 1.62 bits per heavy atom. The predicted molar refractivity (Wildman–Crippen MR) is 98.3 cm³/mol. The minimum absolute atomic E-state index is 0.00513. The van der Waals surface area contributed by atoms with Crippen LogP contribution in [0.2, 0.25) is 0 Å². The Labute approximate surface area is 166 Å². The van der Waals surface area contributed by atoms with Gasteiger partial charge in [-0.1, -0.05) is 0 Å². The molecular formula is C21H24F4N2O2. The molecule has 0 heterocycles. The number of halogens is 4. The van der Waals surface area contributed by atoms with E-state index in [2.05, 4.69) is 10.6 Å². The lowest BCUT2D eigenvalue weighted by Crippen LogP contribution is -2.53. The summed E-state index contributed by atoms with van der Waals surface area (Å²) in [4.78, 5) is 24.9. The number of amides is 2. The molecular weight excluding hydrogens is 388 g/mol. The molecule has 0 unspecified atom stereocenters. The van der Waals surface area contributed by atoms with Gasteiger partial charge >= 0.3 is 6.18 Å². The van der Waals surface area contributed by atoms with Crippen molar-refractivity contribution in [2.24, 2.45) is 23.2 Å². The van der Waals surface area contributed by atoms with Gasteiger partial charge in [0, 0.05) is 24.1 Å². The summed E-state index contributed by atoms with van der Waals surface area (Å²) in [6.45, 7) is 0.125. The number of benzene rings is 1. The van der Waals surface area contributed by atoms with E-state index in [-0.39, 0.29) is 30.0 Å². The van der Waals surface area contributed by atoms with Crippen molar-refractivity contribution in [3.8, 4) is 0 Å². The van der Waals surface area contributed by atoms with E-state index >= 15 is 0 Å². The summed E-state index contributed by atoms with van der Waals surface area (Å²) in [6, 6.07) is 2.32. The van der Waals surface area contributed by atoms with Crippen LogP contribution in [-0.2, 0) is 15.8 Å². The Bertz CT molecular complexity index is 786. The van der Waals surface area contributed by atoms with Crippen molar-refractivity contribution in [3.05, 3.63) is 29.6 Å². The van der Waals surface area contributed by atoms with E-state index in [1.54, 1.807) is 0 Å². The van der Waals surface area contributed by atoms with E-state index in [0.717, 1.165) is 25.3 Å². The van der Waals surface area contributed by atoms with E-state index in [0.29, 0.717) is 29.9 Å². The zero-order valence-electron chi connectivity index (χ0n) is 15.9. The van der Waals surface area contributed by atoms with Gasteiger partial charge in [0.15, 0.2) is 0 Å². The summed E-state index contributed by atoms with van der Waals surface area (Å²) in [5.41, 5.74) is -1.86. The molecule has 4 saturated carbocycles. The largest absolute Gasteiger partial charge is 0.419 e. The molecule has 0 spiro atoms. The fourth-order valence-corrected chi connectivity index (χ4v) is 5.91. The summed E-state index contributed by atoms with van der Waals surface area (Å²) in [5.74, 6) is -0.00997. The smallest absolute Gasteiger partial charge is 0.355 e. The van der Waals surface area contributed by atoms with Gasteiger partial charge in [0.25, 0.3) is 0 Å². The first-order chi connectivity index (χ1) is 13.6. The minimum Gasteiger partial charge on any atom is -0.355 e. The van der Waals surface area contributed by atoms with E-state index in [1.165, 1.54) is 19.3 Å². The Hall–Kier alpha value is -2.12. The summed E-state index contributed by atoms with van der Waals surface area (Å²) in [5, 5.41) is 5.20. The second-order valence-electron chi connectivity index (χ2n) is 8.94. The van der Waals surface area contributed by atoms with Gasteiger partial charge in [-0.15, -0.1) is 0 Å². The molecule has 4 nitrogen and oxygen atoms in total. The average molecular weight is 412 g/mol. The van der Waals surface area contributed by atoms with Gasteiger partial charge < -0.3 is 10.6 Å². The number of hydrogen-bond donors (Lipinski definition) is 2. The molecule has 29 heavy (non-hydrogen) atoms. The molecule has 158 valence electrons. The van der Waals surface area contributed by atoms with E-state index < -0.39 is 23.5 Å². The molecule has 4 bridgehead atoms. The third-order valence-electron chi connectivity index (χ3n) is 6.71. The second-order valence-corrected chi connectivity index (χ2v) is 8.94. The Morgan fingerprint density at radius 3 is 2.17 bits per heavy atom. The maximum Gasteiger partial charge on any atom is 0.419 e. The Kier molecular flexibility index (Phi) is 5.07. The first-order valence-electron chi connectivity index (χ1n) is 10.1.